The van der Waals surface area contributed by atoms with E-state index in [0.717, 1.165) is 0 Å². The molecule has 106 valence electrons. The van der Waals surface area contributed by atoms with Gasteiger partial charge in [0.2, 0.25) is 5.91 Å². The lowest BCUT2D eigenvalue weighted by Gasteiger charge is -2.17. The number of para-hydroxylation sites is 2. The van der Waals surface area contributed by atoms with E-state index in [1.807, 2.05) is 5.32 Å². The van der Waals surface area contributed by atoms with Gasteiger partial charge in [0.05, 0.1) is 12.8 Å². The minimum Gasteiger partial charge on any atom is -0.495 e. The van der Waals surface area contributed by atoms with Gasteiger partial charge in [-0.1, -0.05) is 12.1 Å². The summed E-state index contributed by atoms with van der Waals surface area (Å²) in [6.07, 6.45) is -4.42. The molecule has 0 aromatic heterocycles. The van der Waals surface area contributed by atoms with E-state index in [0.29, 0.717) is 11.4 Å². The number of amides is 1. The first kappa shape index (κ1) is 15.1. The first-order valence-electron chi connectivity index (χ1n) is 5.57. The van der Waals surface area contributed by atoms with Crippen molar-refractivity contribution >= 4 is 11.6 Å². The van der Waals surface area contributed by atoms with Crippen LogP contribution in [0, 0.1) is 0 Å². The second-order valence-corrected chi connectivity index (χ2v) is 3.90. The second kappa shape index (κ2) is 6.31. The molecule has 0 saturated carbocycles. The van der Waals surface area contributed by atoms with Crippen molar-refractivity contribution in [3.8, 4) is 5.75 Å². The smallest absolute Gasteiger partial charge is 0.405 e. The van der Waals surface area contributed by atoms with Gasteiger partial charge in [-0.2, -0.15) is 13.2 Å². The van der Waals surface area contributed by atoms with Crippen molar-refractivity contribution in [1.29, 1.82) is 0 Å². The molecular formula is C12H15F3N2O2. The van der Waals surface area contributed by atoms with Crippen molar-refractivity contribution in [3.63, 3.8) is 0 Å². The summed E-state index contributed by atoms with van der Waals surface area (Å²) in [5.41, 5.74) is 0.541. The fourth-order valence-corrected chi connectivity index (χ4v) is 1.40. The molecule has 1 aromatic carbocycles. The lowest BCUT2D eigenvalue weighted by molar-refractivity contribution is -0.138. The first-order valence-corrected chi connectivity index (χ1v) is 5.57. The molecule has 4 nitrogen and oxygen atoms in total. The van der Waals surface area contributed by atoms with Crippen LogP contribution in [0.1, 0.15) is 6.92 Å². The summed E-state index contributed by atoms with van der Waals surface area (Å²) in [5, 5.41) is 4.61. The summed E-state index contributed by atoms with van der Waals surface area (Å²) in [6.45, 7) is 0.127. The number of carbonyl (C=O) groups is 1. The number of nitrogens with one attached hydrogen (secondary N) is 2. The maximum atomic E-state index is 12.0. The Labute approximate surface area is 108 Å². The van der Waals surface area contributed by atoms with E-state index in [1.165, 1.54) is 14.0 Å². The fraction of sp³-hybridized carbons (Fsp3) is 0.417. The number of methoxy groups -OCH3 is 1. The molecule has 1 rings (SSSR count). The molecular weight excluding hydrogens is 261 g/mol. The number of ether oxygens (including phenoxy) is 1. The average molecular weight is 276 g/mol. The largest absolute Gasteiger partial charge is 0.495 e. The summed E-state index contributed by atoms with van der Waals surface area (Å²) in [7, 11) is 1.47. The van der Waals surface area contributed by atoms with Gasteiger partial charge in [0, 0.05) is 0 Å². The molecule has 19 heavy (non-hydrogen) atoms. The van der Waals surface area contributed by atoms with Crippen molar-refractivity contribution in [2.75, 3.05) is 19.0 Å². The van der Waals surface area contributed by atoms with Gasteiger partial charge in [0.25, 0.3) is 0 Å². The SMILES string of the molecule is COc1ccccc1NC(C)C(=O)NCC(F)(F)F. The monoisotopic (exact) mass is 276 g/mol. The summed E-state index contributed by atoms with van der Waals surface area (Å²) in [4.78, 5) is 11.5. The average Bonchev–Trinajstić information content (AvgIpc) is 2.35. The number of alkyl halides is 3. The van der Waals surface area contributed by atoms with Gasteiger partial charge >= 0.3 is 6.18 Å². The predicted molar refractivity (Wildman–Crippen MR) is 65.1 cm³/mol. The first-order chi connectivity index (χ1) is 8.83. The predicted octanol–water partition coefficient (Wildman–Crippen LogP) is 2.17. The van der Waals surface area contributed by atoms with Crippen LogP contribution in [-0.4, -0.2) is 31.8 Å². The van der Waals surface area contributed by atoms with Crippen LogP contribution in [0.15, 0.2) is 24.3 Å². The minimum atomic E-state index is -4.42. The molecule has 0 aliphatic heterocycles. The van der Waals surface area contributed by atoms with E-state index in [1.54, 1.807) is 24.3 Å². The molecule has 0 radical (unpaired) electrons. The van der Waals surface area contributed by atoms with Gasteiger partial charge in [-0.25, -0.2) is 0 Å². The van der Waals surface area contributed by atoms with Crippen molar-refractivity contribution in [1.82, 2.24) is 5.32 Å². The zero-order valence-corrected chi connectivity index (χ0v) is 10.5. The van der Waals surface area contributed by atoms with Crippen molar-refractivity contribution < 1.29 is 22.7 Å². The molecule has 0 bridgehead atoms. The highest BCUT2D eigenvalue weighted by Crippen LogP contribution is 2.23. The van der Waals surface area contributed by atoms with Crippen molar-refractivity contribution in [2.24, 2.45) is 0 Å². The Balaban J connectivity index is 2.59. The van der Waals surface area contributed by atoms with E-state index in [2.05, 4.69) is 5.32 Å². The van der Waals surface area contributed by atoms with Gasteiger partial charge in [0.15, 0.2) is 0 Å². The summed E-state index contributed by atoms with van der Waals surface area (Å²) in [5.74, 6) is -0.221. The van der Waals surface area contributed by atoms with Crippen LogP contribution in [0.4, 0.5) is 18.9 Å². The van der Waals surface area contributed by atoms with Crippen LogP contribution in [0.3, 0.4) is 0 Å². The van der Waals surface area contributed by atoms with Crippen molar-refractivity contribution in [2.45, 2.75) is 19.1 Å². The van der Waals surface area contributed by atoms with E-state index in [-0.39, 0.29) is 0 Å². The molecule has 7 heteroatoms. The summed E-state index contributed by atoms with van der Waals surface area (Å²) >= 11 is 0. The van der Waals surface area contributed by atoms with Gasteiger partial charge in [-0.3, -0.25) is 4.79 Å². The van der Waals surface area contributed by atoms with Gasteiger partial charge < -0.3 is 15.4 Å². The Morgan fingerprint density at radius 2 is 2.00 bits per heavy atom. The van der Waals surface area contributed by atoms with Crippen molar-refractivity contribution in [3.05, 3.63) is 24.3 Å². The highest BCUT2D eigenvalue weighted by molar-refractivity contribution is 5.84. The number of halogens is 3. The highest BCUT2D eigenvalue weighted by Gasteiger charge is 2.28. The molecule has 1 unspecified atom stereocenters. The van der Waals surface area contributed by atoms with Gasteiger partial charge in [-0.15, -0.1) is 0 Å². The Morgan fingerprint density at radius 3 is 2.58 bits per heavy atom. The third-order valence-electron chi connectivity index (χ3n) is 2.34. The van der Waals surface area contributed by atoms with Crippen LogP contribution in [-0.2, 0) is 4.79 Å². The summed E-state index contributed by atoms with van der Waals surface area (Å²) < 4.78 is 41.0. The molecule has 0 aliphatic carbocycles. The molecule has 0 fully saturated rings. The Kier molecular flexibility index (Phi) is 5.02. The molecule has 0 saturated heterocycles. The van der Waals surface area contributed by atoms with Crippen LogP contribution in [0.2, 0.25) is 0 Å². The maximum Gasteiger partial charge on any atom is 0.405 e. The number of anilines is 1. The van der Waals surface area contributed by atoms with E-state index in [9.17, 15) is 18.0 Å². The molecule has 0 aliphatic rings. The minimum absolute atomic E-state index is 0.512. The number of carbonyl (C=O) groups excluding carboxylic acids is 1. The van der Waals surface area contributed by atoms with E-state index in [4.69, 9.17) is 4.74 Å². The van der Waals surface area contributed by atoms with Crippen LogP contribution in [0.5, 0.6) is 5.75 Å². The Hall–Kier alpha value is -1.92. The molecule has 2 N–H and O–H groups in total. The second-order valence-electron chi connectivity index (χ2n) is 3.90. The highest BCUT2D eigenvalue weighted by atomic mass is 19.4. The van der Waals surface area contributed by atoms with E-state index >= 15 is 0 Å². The third-order valence-corrected chi connectivity index (χ3v) is 2.34. The lowest BCUT2D eigenvalue weighted by atomic mass is 10.2. The number of hydrogen-bond donors (Lipinski definition) is 2. The molecule has 1 aromatic rings. The lowest BCUT2D eigenvalue weighted by Crippen LogP contribution is -2.42. The standard InChI is InChI=1S/C12H15F3N2O2/c1-8(11(18)16-7-12(13,14)15)17-9-5-3-4-6-10(9)19-2/h3-6,8,17H,7H2,1-2H3,(H,16,18). The quantitative estimate of drug-likeness (QED) is 0.866. The van der Waals surface area contributed by atoms with Crippen LogP contribution >= 0.6 is 0 Å². The zero-order valence-electron chi connectivity index (χ0n) is 10.5. The summed E-state index contributed by atoms with van der Waals surface area (Å²) in [6, 6.07) is 6.03. The number of benzene rings is 1. The van der Waals surface area contributed by atoms with Crippen LogP contribution in [0.25, 0.3) is 0 Å². The van der Waals surface area contributed by atoms with E-state index < -0.39 is 24.7 Å². The maximum absolute atomic E-state index is 12.0. The van der Waals surface area contributed by atoms with Gasteiger partial charge in [-0.05, 0) is 19.1 Å². The molecule has 1 amide bonds. The normalized spacial score (nSPS) is 12.7. The molecule has 1 atom stereocenters. The zero-order chi connectivity index (χ0) is 14.5. The number of hydrogen-bond acceptors (Lipinski definition) is 3. The number of rotatable bonds is 5. The Bertz CT molecular complexity index is 435. The third kappa shape index (κ3) is 5.07. The fourth-order valence-electron chi connectivity index (χ4n) is 1.40. The van der Waals surface area contributed by atoms with Gasteiger partial charge in [0.1, 0.15) is 18.3 Å². The van der Waals surface area contributed by atoms with Crippen LogP contribution < -0.4 is 15.4 Å². The Morgan fingerprint density at radius 1 is 1.37 bits per heavy atom. The topological polar surface area (TPSA) is 50.4 Å². The molecule has 0 heterocycles. The molecule has 0 spiro atoms.